The number of rotatable bonds is 4. The van der Waals surface area contributed by atoms with E-state index in [0.717, 1.165) is 32.0 Å². The minimum absolute atomic E-state index is 0. The van der Waals surface area contributed by atoms with Gasteiger partial charge in [-0.1, -0.05) is 24.3 Å². The van der Waals surface area contributed by atoms with Crippen molar-refractivity contribution in [2.24, 2.45) is 4.99 Å². The van der Waals surface area contributed by atoms with E-state index >= 15 is 0 Å². The third-order valence-corrected chi connectivity index (χ3v) is 2.66. The predicted octanol–water partition coefficient (Wildman–Crippen LogP) is 1.89. The molecule has 0 saturated heterocycles. The summed E-state index contributed by atoms with van der Waals surface area (Å²) in [6, 6.07) is 8.39. The Morgan fingerprint density at radius 2 is 2.22 bits per heavy atom. The van der Waals surface area contributed by atoms with Gasteiger partial charge in [-0.2, -0.15) is 0 Å². The molecule has 1 heterocycles. The fourth-order valence-electron chi connectivity index (χ4n) is 1.83. The van der Waals surface area contributed by atoms with Crippen LogP contribution < -0.4 is 10.6 Å². The lowest BCUT2D eigenvalue weighted by Gasteiger charge is -2.16. The van der Waals surface area contributed by atoms with E-state index in [1.54, 1.807) is 7.11 Å². The third-order valence-electron chi connectivity index (χ3n) is 2.66. The lowest BCUT2D eigenvalue weighted by molar-refractivity contribution is 0.185. The highest BCUT2D eigenvalue weighted by atomic mass is 127. The van der Waals surface area contributed by atoms with E-state index in [4.69, 9.17) is 4.74 Å². The molecule has 1 aromatic carbocycles. The van der Waals surface area contributed by atoms with Crippen LogP contribution in [-0.4, -0.2) is 26.2 Å². The molecule has 0 bridgehead atoms. The molecule has 1 aliphatic heterocycles. The van der Waals surface area contributed by atoms with E-state index < -0.39 is 0 Å². The minimum Gasteiger partial charge on any atom is -0.380 e. The molecule has 0 atom stereocenters. The predicted molar refractivity (Wildman–Crippen MR) is 84.3 cm³/mol. The SMILES string of the molecule is COCc1cccc(CNC2=NCCCN2)c1.I. The van der Waals surface area contributed by atoms with Gasteiger partial charge in [0.1, 0.15) is 0 Å². The average molecular weight is 361 g/mol. The number of ether oxygens (including phenoxy) is 1. The Bertz CT molecular complexity index is 396. The van der Waals surface area contributed by atoms with Crippen molar-refractivity contribution >= 4 is 29.9 Å². The van der Waals surface area contributed by atoms with Crippen molar-refractivity contribution in [1.29, 1.82) is 0 Å². The second kappa shape index (κ2) is 8.31. The fraction of sp³-hybridized carbons (Fsp3) is 0.462. The molecule has 0 spiro atoms. The molecule has 0 aliphatic carbocycles. The molecule has 100 valence electrons. The van der Waals surface area contributed by atoms with E-state index in [9.17, 15) is 0 Å². The highest BCUT2D eigenvalue weighted by Crippen LogP contribution is 2.06. The van der Waals surface area contributed by atoms with Gasteiger partial charge in [-0.3, -0.25) is 4.99 Å². The first-order valence-corrected chi connectivity index (χ1v) is 5.97. The lowest BCUT2D eigenvalue weighted by Crippen LogP contribution is -2.40. The number of aliphatic imine (C=N–C) groups is 1. The summed E-state index contributed by atoms with van der Waals surface area (Å²) in [6.45, 7) is 3.38. The first kappa shape index (κ1) is 15.2. The van der Waals surface area contributed by atoms with Crippen molar-refractivity contribution in [1.82, 2.24) is 10.6 Å². The van der Waals surface area contributed by atoms with Gasteiger partial charge in [0, 0.05) is 26.7 Å². The van der Waals surface area contributed by atoms with Gasteiger partial charge in [-0.15, -0.1) is 24.0 Å². The zero-order valence-corrected chi connectivity index (χ0v) is 12.9. The van der Waals surface area contributed by atoms with Crippen molar-refractivity contribution in [3.8, 4) is 0 Å². The first-order valence-electron chi connectivity index (χ1n) is 5.97. The van der Waals surface area contributed by atoms with Crippen molar-refractivity contribution in [3.63, 3.8) is 0 Å². The van der Waals surface area contributed by atoms with Crippen LogP contribution in [0.25, 0.3) is 0 Å². The van der Waals surface area contributed by atoms with E-state index in [2.05, 4.69) is 39.9 Å². The highest BCUT2D eigenvalue weighted by Gasteiger charge is 2.03. The zero-order chi connectivity index (χ0) is 11.9. The number of nitrogens with zero attached hydrogens (tertiary/aromatic N) is 1. The van der Waals surface area contributed by atoms with E-state index in [-0.39, 0.29) is 24.0 Å². The van der Waals surface area contributed by atoms with E-state index in [1.165, 1.54) is 11.1 Å². The Hall–Kier alpha value is -0.820. The maximum absolute atomic E-state index is 5.12. The molecule has 18 heavy (non-hydrogen) atoms. The van der Waals surface area contributed by atoms with Crippen molar-refractivity contribution in [2.45, 2.75) is 19.6 Å². The number of halogens is 1. The molecule has 0 aromatic heterocycles. The summed E-state index contributed by atoms with van der Waals surface area (Å²) in [4.78, 5) is 4.37. The van der Waals surface area contributed by atoms with Crippen LogP contribution in [0.15, 0.2) is 29.3 Å². The average Bonchev–Trinajstić information content (AvgIpc) is 2.39. The quantitative estimate of drug-likeness (QED) is 0.806. The molecular formula is C13H20IN3O. The van der Waals surface area contributed by atoms with Crippen LogP contribution in [0.5, 0.6) is 0 Å². The summed E-state index contributed by atoms with van der Waals surface area (Å²) in [5.74, 6) is 0.911. The number of benzene rings is 1. The number of nitrogens with one attached hydrogen (secondary N) is 2. The van der Waals surface area contributed by atoms with Gasteiger partial charge < -0.3 is 15.4 Å². The number of guanidine groups is 1. The van der Waals surface area contributed by atoms with Crippen molar-refractivity contribution in [3.05, 3.63) is 35.4 Å². The molecule has 2 rings (SSSR count). The molecule has 5 heteroatoms. The van der Waals surface area contributed by atoms with Gasteiger partial charge >= 0.3 is 0 Å². The summed E-state index contributed by atoms with van der Waals surface area (Å²) in [6.07, 6.45) is 1.12. The van der Waals surface area contributed by atoms with Gasteiger partial charge in [0.15, 0.2) is 5.96 Å². The molecule has 0 saturated carbocycles. The van der Waals surface area contributed by atoms with Gasteiger partial charge in [-0.05, 0) is 17.5 Å². The fourth-order valence-corrected chi connectivity index (χ4v) is 1.83. The maximum atomic E-state index is 5.12. The molecule has 1 aromatic rings. The molecule has 2 N–H and O–H groups in total. The maximum Gasteiger partial charge on any atom is 0.191 e. The van der Waals surface area contributed by atoms with Crippen LogP contribution in [-0.2, 0) is 17.9 Å². The monoisotopic (exact) mass is 361 g/mol. The minimum atomic E-state index is 0. The Labute approximate surface area is 125 Å². The van der Waals surface area contributed by atoms with Gasteiger partial charge in [0.2, 0.25) is 0 Å². The Balaban J connectivity index is 0.00000162. The molecular weight excluding hydrogens is 341 g/mol. The van der Waals surface area contributed by atoms with Crippen LogP contribution in [0.4, 0.5) is 0 Å². The summed E-state index contributed by atoms with van der Waals surface area (Å²) >= 11 is 0. The second-order valence-corrected chi connectivity index (χ2v) is 4.12. The number of methoxy groups -OCH3 is 1. The molecule has 0 unspecified atom stereocenters. The molecule has 0 fully saturated rings. The Morgan fingerprint density at radius 3 is 2.94 bits per heavy atom. The molecule has 4 nitrogen and oxygen atoms in total. The molecule has 1 aliphatic rings. The standard InChI is InChI=1S/C13H19N3O.HI/c1-17-10-12-5-2-4-11(8-12)9-16-13-14-6-3-7-15-13;/h2,4-5,8H,3,6-7,9-10H2,1H3,(H2,14,15,16);1H. The van der Waals surface area contributed by atoms with Crippen LogP contribution in [0.3, 0.4) is 0 Å². The van der Waals surface area contributed by atoms with Crippen molar-refractivity contribution < 1.29 is 4.74 Å². The summed E-state index contributed by atoms with van der Waals surface area (Å²) in [7, 11) is 1.71. The summed E-state index contributed by atoms with van der Waals surface area (Å²) < 4.78 is 5.12. The third kappa shape index (κ3) is 4.81. The smallest absolute Gasteiger partial charge is 0.191 e. The van der Waals surface area contributed by atoms with Gasteiger partial charge in [-0.25, -0.2) is 0 Å². The van der Waals surface area contributed by atoms with Crippen LogP contribution >= 0.6 is 24.0 Å². The van der Waals surface area contributed by atoms with E-state index in [1.807, 2.05) is 0 Å². The number of hydrogen-bond acceptors (Lipinski definition) is 4. The first-order chi connectivity index (χ1) is 8.38. The highest BCUT2D eigenvalue weighted by molar-refractivity contribution is 14.0. The van der Waals surface area contributed by atoms with Gasteiger partial charge in [0.05, 0.1) is 6.61 Å². The molecule has 0 amide bonds. The van der Waals surface area contributed by atoms with Crippen LogP contribution in [0, 0.1) is 0 Å². The lowest BCUT2D eigenvalue weighted by atomic mass is 10.1. The van der Waals surface area contributed by atoms with Crippen LogP contribution in [0.2, 0.25) is 0 Å². The summed E-state index contributed by atoms with van der Waals surface area (Å²) in [5, 5.41) is 6.55. The van der Waals surface area contributed by atoms with Crippen molar-refractivity contribution in [2.75, 3.05) is 20.2 Å². The zero-order valence-electron chi connectivity index (χ0n) is 10.6. The second-order valence-electron chi connectivity index (χ2n) is 4.12. The van der Waals surface area contributed by atoms with Crippen LogP contribution in [0.1, 0.15) is 17.5 Å². The summed E-state index contributed by atoms with van der Waals surface area (Å²) in [5.41, 5.74) is 2.44. The normalized spacial score (nSPS) is 14.2. The van der Waals surface area contributed by atoms with E-state index in [0.29, 0.717) is 6.61 Å². The Morgan fingerprint density at radius 1 is 1.39 bits per heavy atom. The van der Waals surface area contributed by atoms with Gasteiger partial charge in [0.25, 0.3) is 0 Å². The largest absolute Gasteiger partial charge is 0.380 e. The Kier molecular flexibility index (Phi) is 7.04. The molecule has 0 radical (unpaired) electrons. The number of hydrogen-bond donors (Lipinski definition) is 2. The topological polar surface area (TPSA) is 45.6 Å².